The molecule has 0 aliphatic heterocycles. The summed E-state index contributed by atoms with van der Waals surface area (Å²) in [4.78, 5) is 0. The molecule has 1 aromatic carbocycles. The number of para-hydroxylation sites is 1. The van der Waals surface area contributed by atoms with E-state index in [9.17, 15) is 0 Å². The average molecular weight is 413 g/mol. The molecule has 0 amide bonds. The van der Waals surface area contributed by atoms with E-state index in [1.165, 1.54) is 0 Å². The van der Waals surface area contributed by atoms with Crippen LogP contribution < -0.4 is 11.3 Å². The van der Waals surface area contributed by atoms with Gasteiger partial charge in [-0.1, -0.05) is 18.2 Å². The summed E-state index contributed by atoms with van der Waals surface area (Å²) in [6.07, 6.45) is 0. The van der Waals surface area contributed by atoms with Gasteiger partial charge in [-0.2, -0.15) is 0 Å². The van der Waals surface area contributed by atoms with E-state index in [0.29, 0.717) is 9.47 Å². The van der Waals surface area contributed by atoms with Crippen molar-refractivity contribution in [1.82, 2.24) is 0 Å². The summed E-state index contributed by atoms with van der Waals surface area (Å²) in [5.41, 5.74) is 3.46. The first-order chi connectivity index (χ1) is 5.35. The fraction of sp³-hybridized carbons (Fsp3) is 0. The zero-order chi connectivity index (χ0) is 8.53. The Morgan fingerprint density at radius 1 is 1.18 bits per heavy atom. The molecule has 0 radical (unpaired) electrons. The summed E-state index contributed by atoms with van der Waals surface area (Å²) in [5, 5.41) is 0. The van der Waals surface area contributed by atoms with Crippen LogP contribution in [0.5, 0.6) is 0 Å². The minimum absolute atomic E-state index is 0.628. The fourth-order valence-corrected chi connectivity index (χ4v) is 0.534. The SMILES string of the molecule is NNc1ccccc1.[I][V][I]. The molecule has 2 nitrogen and oxygen atoms in total. The normalized spacial score (nSPS) is 7.55. The standard InChI is InChI=1S/C6H8N2.2HI.V/c7-8-6-4-2-1-3-5-6;;;/h1-5,8H,7H2;2*1H;/q;;;+2/p-2. The Labute approximate surface area is 95.5 Å². The quantitative estimate of drug-likeness (QED) is 0.423. The van der Waals surface area contributed by atoms with E-state index < -0.39 is 0 Å². The van der Waals surface area contributed by atoms with Crippen LogP contribution in [0, 0.1) is 0 Å². The van der Waals surface area contributed by atoms with Crippen LogP contribution in [0.4, 0.5) is 5.69 Å². The van der Waals surface area contributed by atoms with Crippen molar-refractivity contribution >= 4 is 45.6 Å². The Morgan fingerprint density at radius 3 is 1.91 bits per heavy atom. The van der Waals surface area contributed by atoms with E-state index in [1.807, 2.05) is 30.3 Å². The summed E-state index contributed by atoms with van der Waals surface area (Å²) < 4.78 is 0. The fourth-order valence-electron chi connectivity index (χ4n) is 0.534. The molecule has 0 atom stereocenters. The van der Waals surface area contributed by atoms with E-state index >= 15 is 0 Å². The second-order valence-corrected chi connectivity index (χ2v) is 13.4. The number of hydrogen-bond acceptors (Lipinski definition) is 2. The molecule has 0 aromatic heterocycles. The van der Waals surface area contributed by atoms with Gasteiger partial charge in [0.05, 0.1) is 0 Å². The number of benzene rings is 1. The first kappa shape index (κ1) is 12.0. The Hall–Kier alpha value is 1.02. The second-order valence-electron chi connectivity index (χ2n) is 1.57. The molecular formula is C6H8I2N2V. The van der Waals surface area contributed by atoms with Gasteiger partial charge in [0, 0.05) is 5.69 Å². The first-order valence-electron chi connectivity index (χ1n) is 2.79. The summed E-state index contributed by atoms with van der Waals surface area (Å²) in [6, 6.07) is 9.60. The van der Waals surface area contributed by atoms with E-state index in [0.717, 1.165) is 5.69 Å². The minimum atomic E-state index is 0.628. The van der Waals surface area contributed by atoms with Gasteiger partial charge >= 0.3 is 49.4 Å². The van der Waals surface area contributed by atoms with Crippen LogP contribution in [0.3, 0.4) is 0 Å². The average Bonchev–Trinajstić information content (AvgIpc) is 2.08. The molecule has 0 spiro atoms. The van der Waals surface area contributed by atoms with Crippen molar-refractivity contribution < 1.29 is 9.47 Å². The number of nitrogen functional groups attached to an aromatic ring is 1. The molecular weight excluding hydrogens is 405 g/mol. The molecule has 5 heteroatoms. The van der Waals surface area contributed by atoms with E-state index in [2.05, 4.69) is 45.4 Å². The van der Waals surface area contributed by atoms with Crippen molar-refractivity contribution in [3.63, 3.8) is 0 Å². The Bertz CT molecular complexity index is 171. The zero-order valence-electron chi connectivity index (χ0n) is 5.67. The van der Waals surface area contributed by atoms with Gasteiger partial charge in [-0.05, 0) is 12.1 Å². The van der Waals surface area contributed by atoms with Crippen molar-refractivity contribution in [2.75, 3.05) is 5.43 Å². The molecule has 0 fully saturated rings. The van der Waals surface area contributed by atoms with Crippen molar-refractivity contribution in [3.8, 4) is 0 Å². The van der Waals surface area contributed by atoms with Gasteiger partial charge in [0.15, 0.2) is 0 Å². The van der Waals surface area contributed by atoms with Gasteiger partial charge in [0.2, 0.25) is 0 Å². The summed E-state index contributed by atoms with van der Waals surface area (Å²) in [6.45, 7) is 0. The molecule has 0 unspecified atom stereocenters. The predicted octanol–water partition coefficient (Wildman–Crippen LogP) is 2.74. The molecule has 1 aromatic rings. The van der Waals surface area contributed by atoms with Gasteiger partial charge in [0.1, 0.15) is 0 Å². The Morgan fingerprint density at radius 2 is 1.64 bits per heavy atom. The van der Waals surface area contributed by atoms with Gasteiger partial charge in [-0.15, -0.1) is 0 Å². The Balaban J connectivity index is 0.000000292. The van der Waals surface area contributed by atoms with Crippen molar-refractivity contribution in [1.29, 1.82) is 0 Å². The number of nitrogens with one attached hydrogen (secondary N) is 1. The van der Waals surface area contributed by atoms with Crippen LogP contribution >= 0.6 is 40.0 Å². The number of anilines is 1. The van der Waals surface area contributed by atoms with E-state index in [-0.39, 0.29) is 0 Å². The third-order valence-corrected chi connectivity index (χ3v) is 0.940. The number of hydrazine groups is 1. The van der Waals surface area contributed by atoms with Crippen molar-refractivity contribution in [2.45, 2.75) is 0 Å². The van der Waals surface area contributed by atoms with Crippen LogP contribution in [0.2, 0.25) is 0 Å². The van der Waals surface area contributed by atoms with E-state index in [4.69, 9.17) is 5.84 Å². The summed E-state index contributed by atoms with van der Waals surface area (Å²) in [7, 11) is 0.628. The molecule has 61 valence electrons. The maximum absolute atomic E-state index is 5.10. The number of hydrogen-bond donors (Lipinski definition) is 2. The summed E-state index contributed by atoms with van der Waals surface area (Å²) >= 11 is 4.74. The first-order valence-corrected chi connectivity index (χ1v) is 11.8. The van der Waals surface area contributed by atoms with Crippen LogP contribution in [-0.2, 0) is 9.47 Å². The van der Waals surface area contributed by atoms with E-state index in [1.54, 1.807) is 0 Å². The topological polar surface area (TPSA) is 38.0 Å². The summed E-state index contributed by atoms with van der Waals surface area (Å²) in [5.74, 6) is 5.10. The molecule has 0 heterocycles. The van der Waals surface area contributed by atoms with Crippen LogP contribution in [0.25, 0.3) is 0 Å². The Kier molecular flexibility index (Phi) is 9.96. The van der Waals surface area contributed by atoms with Gasteiger partial charge in [0.25, 0.3) is 0 Å². The molecule has 1 rings (SSSR count). The third kappa shape index (κ3) is 7.39. The van der Waals surface area contributed by atoms with Gasteiger partial charge in [-0.25, -0.2) is 0 Å². The molecule has 0 aliphatic carbocycles. The number of halogens is 2. The molecule has 0 saturated carbocycles. The third-order valence-electron chi connectivity index (χ3n) is 0.940. The monoisotopic (exact) mass is 413 g/mol. The zero-order valence-corrected chi connectivity index (χ0v) is 11.4. The second kappa shape index (κ2) is 9.12. The van der Waals surface area contributed by atoms with Crippen LogP contribution in [-0.4, -0.2) is 0 Å². The van der Waals surface area contributed by atoms with Gasteiger partial charge in [-0.3, -0.25) is 5.84 Å². The van der Waals surface area contributed by atoms with Gasteiger partial charge < -0.3 is 5.43 Å². The molecule has 3 N–H and O–H groups in total. The molecule has 0 bridgehead atoms. The molecule has 11 heavy (non-hydrogen) atoms. The van der Waals surface area contributed by atoms with Crippen LogP contribution in [0.15, 0.2) is 30.3 Å². The molecule has 0 saturated heterocycles. The predicted molar refractivity (Wildman–Crippen MR) is 62.3 cm³/mol. The van der Waals surface area contributed by atoms with Crippen molar-refractivity contribution in [3.05, 3.63) is 30.3 Å². The van der Waals surface area contributed by atoms with Crippen molar-refractivity contribution in [2.24, 2.45) is 5.84 Å². The molecule has 0 aliphatic rings. The number of rotatable bonds is 1. The number of nitrogens with two attached hydrogens (primary N) is 1. The van der Waals surface area contributed by atoms with Crippen LogP contribution in [0.1, 0.15) is 0 Å². The maximum atomic E-state index is 5.10.